The molecule has 8 heteroatoms. The summed E-state index contributed by atoms with van der Waals surface area (Å²) in [4.78, 5) is 11.2. The summed E-state index contributed by atoms with van der Waals surface area (Å²) in [5.41, 5.74) is 4.23. The number of aliphatic hydroxyl groups excluding tert-OH is 1. The molecule has 0 saturated carbocycles. The van der Waals surface area contributed by atoms with Gasteiger partial charge in [-0.3, -0.25) is 4.98 Å². The molecule has 0 aromatic carbocycles. The summed E-state index contributed by atoms with van der Waals surface area (Å²) in [7, 11) is 0. The van der Waals surface area contributed by atoms with E-state index in [4.69, 9.17) is 4.99 Å². The second-order valence-electron chi connectivity index (χ2n) is 6.29. The molecule has 0 spiro atoms. The molecular formula is C17H21BrN6O. The van der Waals surface area contributed by atoms with E-state index in [9.17, 15) is 5.11 Å². The molecule has 0 radical (unpaired) electrons. The molecule has 4 rings (SSSR count). The second-order valence-corrected chi connectivity index (χ2v) is 7.25. The number of fused-ring (bicyclic) bond motifs is 1. The lowest BCUT2D eigenvalue weighted by Gasteiger charge is -2.38. The fourth-order valence-corrected chi connectivity index (χ4v) is 3.77. The third kappa shape index (κ3) is 3.29. The molecule has 1 aromatic rings. The van der Waals surface area contributed by atoms with Crippen LogP contribution in [0.2, 0.25) is 0 Å². The maximum atomic E-state index is 9.75. The van der Waals surface area contributed by atoms with Crippen LogP contribution in [0.3, 0.4) is 0 Å². The van der Waals surface area contributed by atoms with Crippen molar-refractivity contribution in [3.8, 4) is 0 Å². The Bertz CT molecular complexity index is 732. The molecule has 3 N–H and O–H groups in total. The van der Waals surface area contributed by atoms with Crippen molar-refractivity contribution in [3.05, 3.63) is 46.7 Å². The molecule has 1 aromatic heterocycles. The van der Waals surface area contributed by atoms with Crippen LogP contribution in [0.15, 0.2) is 51.7 Å². The van der Waals surface area contributed by atoms with Gasteiger partial charge in [0.2, 0.25) is 0 Å². The zero-order valence-corrected chi connectivity index (χ0v) is 15.4. The number of piperidine rings is 1. The average molecular weight is 405 g/mol. The first-order valence-electron chi connectivity index (χ1n) is 8.53. The van der Waals surface area contributed by atoms with E-state index in [1.165, 1.54) is 0 Å². The van der Waals surface area contributed by atoms with Crippen LogP contribution in [0.1, 0.15) is 19.3 Å². The summed E-state index contributed by atoms with van der Waals surface area (Å²) in [6.45, 7) is 1.76. The van der Waals surface area contributed by atoms with E-state index in [0.717, 1.165) is 53.5 Å². The Balaban J connectivity index is 1.67. The number of halogens is 1. The highest BCUT2D eigenvalue weighted by Gasteiger charge is 2.32. The van der Waals surface area contributed by atoms with Crippen molar-refractivity contribution in [1.82, 2.24) is 20.3 Å². The summed E-state index contributed by atoms with van der Waals surface area (Å²) in [6.07, 6.45) is 8.84. The Kier molecular flexibility index (Phi) is 4.74. The lowest BCUT2D eigenvalue weighted by atomic mass is 10.0. The normalized spacial score (nSPS) is 23.4. The zero-order valence-electron chi connectivity index (χ0n) is 13.8. The van der Waals surface area contributed by atoms with Gasteiger partial charge in [0.15, 0.2) is 5.82 Å². The van der Waals surface area contributed by atoms with Crippen molar-refractivity contribution >= 4 is 27.5 Å². The number of nitrogens with zero attached hydrogens (tertiary/aromatic N) is 4. The van der Waals surface area contributed by atoms with Crippen LogP contribution in [-0.4, -0.2) is 51.6 Å². The van der Waals surface area contributed by atoms with Gasteiger partial charge in [-0.15, -0.1) is 0 Å². The van der Waals surface area contributed by atoms with Crippen molar-refractivity contribution in [2.75, 3.05) is 25.0 Å². The SMILES string of the molecule is OCC1CCCCN1C1=NC2=C(Br)CNN2C(Nc2cccnc2)=C1. The van der Waals surface area contributed by atoms with E-state index in [1.54, 1.807) is 12.4 Å². The van der Waals surface area contributed by atoms with Gasteiger partial charge in [-0.1, -0.05) is 15.9 Å². The van der Waals surface area contributed by atoms with Gasteiger partial charge in [-0.25, -0.2) is 15.4 Å². The number of hydrogen-bond donors (Lipinski definition) is 3. The first-order valence-corrected chi connectivity index (χ1v) is 9.33. The van der Waals surface area contributed by atoms with Crippen LogP contribution in [0.25, 0.3) is 0 Å². The number of aliphatic imine (C=N–C) groups is 1. The van der Waals surface area contributed by atoms with E-state index in [-0.39, 0.29) is 12.6 Å². The number of hydrazine groups is 1. The minimum absolute atomic E-state index is 0.128. The largest absolute Gasteiger partial charge is 0.394 e. The summed E-state index contributed by atoms with van der Waals surface area (Å²) < 4.78 is 1.01. The molecule has 0 bridgehead atoms. The standard InChI is InChI=1S/C17H21BrN6O/c18-14-10-20-24-16(21-12-4-3-6-19-9-12)8-15(22-17(14)24)23-7-2-1-5-13(23)11-25/h3-4,6,8-9,13,20-21,25H,1-2,5,7,10-11H2. The van der Waals surface area contributed by atoms with Gasteiger partial charge in [-0.05, 0) is 31.4 Å². The minimum atomic E-state index is 0.128. The Morgan fingerprint density at radius 3 is 3.12 bits per heavy atom. The molecule has 25 heavy (non-hydrogen) atoms. The third-order valence-electron chi connectivity index (χ3n) is 4.64. The van der Waals surface area contributed by atoms with Crippen LogP contribution >= 0.6 is 15.9 Å². The number of aromatic nitrogens is 1. The quantitative estimate of drug-likeness (QED) is 0.714. The van der Waals surface area contributed by atoms with Crippen molar-refractivity contribution in [3.63, 3.8) is 0 Å². The molecule has 7 nitrogen and oxygen atoms in total. The fourth-order valence-electron chi connectivity index (χ4n) is 3.38. The minimum Gasteiger partial charge on any atom is -0.394 e. The Labute approximate surface area is 155 Å². The predicted octanol–water partition coefficient (Wildman–Crippen LogP) is 1.98. The summed E-state index contributed by atoms with van der Waals surface area (Å²) in [5, 5.41) is 15.1. The van der Waals surface area contributed by atoms with E-state index in [1.807, 2.05) is 23.2 Å². The van der Waals surface area contributed by atoms with Gasteiger partial charge in [-0.2, -0.15) is 0 Å². The molecule has 1 saturated heterocycles. The molecule has 3 aliphatic heterocycles. The molecule has 1 unspecified atom stereocenters. The van der Waals surface area contributed by atoms with E-state index in [0.29, 0.717) is 6.54 Å². The molecule has 3 aliphatic rings. The summed E-state index contributed by atoms with van der Waals surface area (Å²) in [6, 6.07) is 4.01. The maximum Gasteiger partial charge on any atom is 0.162 e. The Morgan fingerprint density at radius 2 is 2.32 bits per heavy atom. The van der Waals surface area contributed by atoms with Crippen LogP contribution < -0.4 is 10.7 Å². The number of hydrogen-bond acceptors (Lipinski definition) is 7. The molecule has 1 atom stereocenters. The average Bonchev–Trinajstić information content (AvgIpc) is 3.04. The highest BCUT2D eigenvalue weighted by Crippen LogP contribution is 2.30. The summed E-state index contributed by atoms with van der Waals surface area (Å²) >= 11 is 3.61. The van der Waals surface area contributed by atoms with Crippen LogP contribution in [-0.2, 0) is 0 Å². The number of nitrogens with one attached hydrogen (secondary N) is 2. The van der Waals surface area contributed by atoms with E-state index in [2.05, 4.69) is 36.6 Å². The first-order chi connectivity index (χ1) is 12.3. The van der Waals surface area contributed by atoms with Crippen molar-refractivity contribution < 1.29 is 5.11 Å². The highest BCUT2D eigenvalue weighted by atomic mass is 79.9. The lowest BCUT2D eigenvalue weighted by Crippen LogP contribution is -2.47. The Morgan fingerprint density at radius 1 is 1.40 bits per heavy atom. The number of anilines is 1. The van der Waals surface area contributed by atoms with E-state index < -0.39 is 0 Å². The molecule has 1 fully saturated rings. The lowest BCUT2D eigenvalue weighted by molar-refractivity contribution is 0.147. The number of amidine groups is 1. The number of likely N-dealkylation sites (tertiary alicyclic amines) is 1. The van der Waals surface area contributed by atoms with E-state index >= 15 is 0 Å². The van der Waals surface area contributed by atoms with Gasteiger partial charge >= 0.3 is 0 Å². The number of aliphatic hydroxyl groups is 1. The molecular weight excluding hydrogens is 384 g/mol. The van der Waals surface area contributed by atoms with Gasteiger partial charge in [0.05, 0.1) is 35.6 Å². The third-order valence-corrected chi connectivity index (χ3v) is 5.28. The molecule has 132 valence electrons. The van der Waals surface area contributed by atoms with Gasteiger partial charge < -0.3 is 15.3 Å². The van der Waals surface area contributed by atoms with Gasteiger partial charge in [0.1, 0.15) is 11.7 Å². The van der Waals surface area contributed by atoms with Crippen LogP contribution in [0.4, 0.5) is 5.69 Å². The fraction of sp³-hybridized carbons (Fsp3) is 0.412. The topological polar surface area (TPSA) is 76.0 Å². The Hall–Kier alpha value is -1.90. The van der Waals surface area contributed by atoms with Crippen molar-refractivity contribution in [2.24, 2.45) is 4.99 Å². The van der Waals surface area contributed by atoms with Crippen LogP contribution in [0, 0.1) is 0 Å². The molecule has 0 aliphatic carbocycles. The van der Waals surface area contributed by atoms with Gasteiger partial charge in [0, 0.05) is 18.8 Å². The number of pyridine rings is 1. The number of rotatable bonds is 3. The smallest absolute Gasteiger partial charge is 0.162 e. The highest BCUT2D eigenvalue weighted by molar-refractivity contribution is 9.11. The zero-order chi connectivity index (χ0) is 17.2. The van der Waals surface area contributed by atoms with Crippen LogP contribution in [0.5, 0.6) is 0 Å². The monoisotopic (exact) mass is 404 g/mol. The molecule has 0 amide bonds. The summed E-state index contributed by atoms with van der Waals surface area (Å²) in [5.74, 6) is 2.63. The van der Waals surface area contributed by atoms with Gasteiger partial charge in [0.25, 0.3) is 0 Å². The maximum absolute atomic E-state index is 9.75. The molecule has 4 heterocycles. The first kappa shape index (κ1) is 16.6. The van der Waals surface area contributed by atoms with Crippen molar-refractivity contribution in [2.45, 2.75) is 25.3 Å². The second kappa shape index (κ2) is 7.15. The predicted molar refractivity (Wildman–Crippen MR) is 101 cm³/mol. The van der Waals surface area contributed by atoms with Crippen molar-refractivity contribution in [1.29, 1.82) is 0 Å².